The summed E-state index contributed by atoms with van der Waals surface area (Å²) in [6.45, 7) is 6.74. The Bertz CT molecular complexity index is 850. The van der Waals surface area contributed by atoms with Gasteiger partial charge in [0.25, 0.3) is 5.91 Å². The van der Waals surface area contributed by atoms with Crippen molar-refractivity contribution < 1.29 is 4.79 Å². The van der Waals surface area contributed by atoms with Gasteiger partial charge in [0, 0.05) is 37.6 Å². The molecule has 0 radical (unpaired) electrons. The van der Waals surface area contributed by atoms with E-state index in [0.29, 0.717) is 6.04 Å². The van der Waals surface area contributed by atoms with E-state index in [1.54, 1.807) is 19.0 Å². The van der Waals surface area contributed by atoms with Gasteiger partial charge in [-0.25, -0.2) is 0 Å². The fourth-order valence-electron chi connectivity index (χ4n) is 3.88. The van der Waals surface area contributed by atoms with Gasteiger partial charge in [0.15, 0.2) is 5.96 Å². The van der Waals surface area contributed by atoms with Crippen molar-refractivity contribution in [2.75, 3.05) is 46.8 Å². The number of carbonyl (C=O) groups is 1. The predicted octanol–water partition coefficient (Wildman–Crippen LogP) is 4.00. The number of benzene rings is 1. The topological polar surface area (TPSA) is 60.0 Å². The van der Waals surface area contributed by atoms with Crippen molar-refractivity contribution in [2.24, 2.45) is 4.99 Å². The molecule has 2 N–H and O–H groups in total. The SMILES string of the molecule is CCNC(=NCC(c1cccs1)N1CCCC1)NCCc1cccc(C(=O)N(C)C)c1.I. The lowest BCUT2D eigenvalue weighted by Crippen LogP contribution is -2.39. The predicted molar refractivity (Wildman–Crippen MR) is 145 cm³/mol. The molecule has 1 saturated heterocycles. The zero-order chi connectivity index (χ0) is 22.1. The van der Waals surface area contributed by atoms with Crippen LogP contribution in [0.3, 0.4) is 0 Å². The van der Waals surface area contributed by atoms with Gasteiger partial charge in [-0.3, -0.25) is 14.7 Å². The number of hydrogen-bond acceptors (Lipinski definition) is 4. The van der Waals surface area contributed by atoms with E-state index in [9.17, 15) is 4.79 Å². The molecule has 1 aliphatic heterocycles. The molecule has 0 aliphatic carbocycles. The van der Waals surface area contributed by atoms with Gasteiger partial charge in [-0.15, -0.1) is 35.3 Å². The Morgan fingerprint density at radius 1 is 1.19 bits per heavy atom. The maximum atomic E-state index is 12.2. The third-order valence-corrected chi connectivity index (χ3v) is 6.48. The molecule has 1 aliphatic rings. The van der Waals surface area contributed by atoms with Crippen LogP contribution < -0.4 is 10.6 Å². The summed E-state index contributed by atoms with van der Waals surface area (Å²) in [5.41, 5.74) is 1.87. The number of rotatable bonds is 9. The lowest BCUT2D eigenvalue weighted by Gasteiger charge is -2.25. The minimum atomic E-state index is 0. The Labute approximate surface area is 213 Å². The number of amides is 1. The highest BCUT2D eigenvalue weighted by molar-refractivity contribution is 14.0. The molecule has 1 aromatic carbocycles. The molecule has 0 saturated carbocycles. The van der Waals surface area contributed by atoms with Crippen LogP contribution >= 0.6 is 35.3 Å². The van der Waals surface area contributed by atoms with Crippen molar-refractivity contribution in [1.29, 1.82) is 0 Å². The Balaban J connectivity index is 0.00000363. The zero-order valence-electron chi connectivity index (χ0n) is 19.3. The van der Waals surface area contributed by atoms with Gasteiger partial charge in [-0.2, -0.15) is 0 Å². The summed E-state index contributed by atoms with van der Waals surface area (Å²) in [6.07, 6.45) is 3.39. The summed E-state index contributed by atoms with van der Waals surface area (Å²) in [5.74, 6) is 0.884. The maximum Gasteiger partial charge on any atom is 0.253 e. The fourth-order valence-corrected chi connectivity index (χ4v) is 4.73. The monoisotopic (exact) mass is 569 g/mol. The summed E-state index contributed by atoms with van der Waals surface area (Å²) in [5, 5.41) is 8.98. The third-order valence-electron chi connectivity index (χ3n) is 5.51. The van der Waals surface area contributed by atoms with Crippen LogP contribution in [-0.2, 0) is 6.42 Å². The van der Waals surface area contributed by atoms with Crippen molar-refractivity contribution in [3.8, 4) is 0 Å². The Hall–Kier alpha value is -1.65. The zero-order valence-corrected chi connectivity index (χ0v) is 22.5. The molecule has 176 valence electrons. The number of aliphatic imine (C=N–C) groups is 1. The minimum absolute atomic E-state index is 0. The second-order valence-corrected chi connectivity index (χ2v) is 9.05. The third kappa shape index (κ3) is 7.74. The number of nitrogens with one attached hydrogen (secondary N) is 2. The van der Waals surface area contributed by atoms with Crippen LogP contribution in [0, 0.1) is 0 Å². The van der Waals surface area contributed by atoms with E-state index in [2.05, 4.69) is 46.0 Å². The number of nitrogens with zero attached hydrogens (tertiary/aromatic N) is 3. The normalized spacial score (nSPS) is 15.2. The number of guanidine groups is 1. The first kappa shape index (κ1) is 26.6. The number of hydrogen-bond donors (Lipinski definition) is 2. The van der Waals surface area contributed by atoms with Crippen LogP contribution in [0.25, 0.3) is 0 Å². The fraction of sp³-hybridized carbons (Fsp3) is 0.500. The molecule has 1 fully saturated rings. The van der Waals surface area contributed by atoms with Crippen LogP contribution in [0.1, 0.15) is 46.6 Å². The van der Waals surface area contributed by atoms with E-state index in [0.717, 1.165) is 56.2 Å². The smallest absolute Gasteiger partial charge is 0.253 e. The van der Waals surface area contributed by atoms with Crippen molar-refractivity contribution in [3.63, 3.8) is 0 Å². The summed E-state index contributed by atoms with van der Waals surface area (Å²) in [7, 11) is 3.56. The van der Waals surface area contributed by atoms with Crippen LogP contribution in [0.4, 0.5) is 0 Å². The number of halogens is 1. The van der Waals surface area contributed by atoms with Gasteiger partial charge in [0.2, 0.25) is 0 Å². The summed E-state index contributed by atoms with van der Waals surface area (Å²) in [4.78, 5) is 22.7. The van der Waals surface area contributed by atoms with Gasteiger partial charge in [-0.1, -0.05) is 18.2 Å². The standard InChI is InChI=1S/C24H35N5OS.HI/c1-4-25-24(26-13-12-19-9-7-10-20(17-19)23(30)28(2)3)27-18-21(22-11-8-16-31-22)29-14-5-6-15-29;/h7-11,16-17,21H,4-6,12-15,18H2,1-3H3,(H2,25,26,27);1H. The average Bonchev–Trinajstić information content (AvgIpc) is 3.48. The number of thiophene rings is 1. The molecule has 0 bridgehead atoms. The average molecular weight is 570 g/mol. The molecule has 0 spiro atoms. The molecule has 2 heterocycles. The first-order valence-corrected chi connectivity index (χ1v) is 12.1. The highest BCUT2D eigenvalue weighted by Gasteiger charge is 2.24. The highest BCUT2D eigenvalue weighted by Crippen LogP contribution is 2.28. The molecule has 1 aromatic heterocycles. The van der Waals surface area contributed by atoms with Gasteiger partial charge in [-0.05, 0) is 68.4 Å². The summed E-state index contributed by atoms with van der Waals surface area (Å²) >= 11 is 1.82. The summed E-state index contributed by atoms with van der Waals surface area (Å²) in [6, 6.07) is 12.6. The van der Waals surface area contributed by atoms with Crippen LogP contribution in [0.2, 0.25) is 0 Å². The lowest BCUT2D eigenvalue weighted by molar-refractivity contribution is 0.0827. The van der Waals surface area contributed by atoms with Gasteiger partial charge in [0.1, 0.15) is 0 Å². The molecular weight excluding hydrogens is 533 g/mol. The molecule has 1 unspecified atom stereocenters. The van der Waals surface area contributed by atoms with Crippen LogP contribution in [0.5, 0.6) is 0 Å². The van der Waals surface area contributed by atoms with E-state index in [1.807, 2.05) is 29.5 Å². The van der Waals surface area contributed by atoms with E-state index in [4.69, 9.17) is 4.99 Å². The second-order valence-electron chi connectivity index (χ2n) is 8.07. The molecule has 1 atom stereocenters. The van der Waals surface area contributed by atoms with Crippen molar-refractivity contribution >= 4 is 47.2 Å². The largest absolute Gasteiger partial charge is 0.357 e. The molecule has 3 rings (SSSR count). The molecule has 6 nitrogen and oxygen atoms in total. The minimum Gasteiger partial charge on any atom is -0.357 e. The lowest BCUT2D eigenvalue weighted by atomic mass is 10.1. The quantitative estimate of drug-likeness (QED) is 0.273. The van der Waals surface area contributed by atoms with Crippen molar-refractivity contribution in [1.82, 2.24) is 20.4 Å². The molecule has 8 heteroatoms. The number of likely N-dealkylation sites (tertiary alicyclic amines) is 1. The first-order valence-electron chi connectivity index (χ1n) is 11.2. The van der Waals surface area contributed by atoms with Gasteiger partial charge >= 0.3 is 0 Å². The first-order chi connectivity index (χ1) is 15.1. The Morgan fingerprint density at radius 2 is 1.97 bits per heavy atom. The van der Waals surface area contributed by atoms with Crippen LogP contribution in [0.15, 0.2) is 46.8 Å². The molecular formula is C24H36IN5OS. The van der Waals surface area contributed by atoms with E-state index < -0.39 is 0 Å². The van der Waals surface area contributed by atoms with Crippen molar-refractivity contribution in [2.45, 2.75) is 32.2 Å². The Morgan fingerprint density at radius 3 is 2.62 bits per heavy atom. The summed E-state index contributed by atoms with van der Waals surface area (Å²) < 4.78 is 0. The maximum absolute atomic E-state index is 12.2. The van der Waals surface area contributed by atoms with E-state index in [1.165, 1.54) is 17.7 Å². The molecule has 1 amide bonds. The molecule has 32 heavy (non-hydrogen) atoms. The second kappa shape index (κ2) is 13.8. The number of carbonyl (C=O) groups excluding carboxylic acids is 1. The highest BCUT2D eigenvalue weighted by atomic mass is 127. The van der Waals surface area contributed by atoms with Gasteiger partial charge < -0.3 is 15.5 Å². The molecule has 2 aromatic rings. The van der Waals surface area contributed by atoms with Crippen molar-refractivity contribution in [3.05, 3.63) is 57.8 Å². The van der Waals surface area contributed by atoms with E-state index >= 15 is 0 Å². The van der Waals surface area contributed by atoms with Crippen LogP contribution in [-0.4, -0.2) is 68.5 Å². The van der Waals surface area contributed by atoms with Gasteiger partial charge in [0.05, 0.1) is 12.6 Å². The Kier molecular flexibility index (Phi) is 11.5. The van der Waals surface area contributed by atoms with E-state index in [-0.39, 0.29) is 29.9 Å².